The number of amides is 1. The van der Waals surface area contributed by atoms with E-state index in [1.165, 1.54) is 43.2 Å². The monoisotopic (exact) mass is 445 g/mol. The molecule has 0 heterocycles. The molecule has 0 aliphatic heterocycles. The summed E-state index contributed by atoms with van der Waals surface area (Å²) in [6.45, 7) is 0.200. The Bertz CT molecular complexity index is 1040. The lowest BCUT2D eigenvalue weighted by Gasteiger charge is -2.75. The van der Waals surface area contributed by atoms with Crippen LogP contribution in [0.2, 0.25) is 0 Å². The van der Waals surface area contributed by atoms with E-state index in [4.69, 9.17) is 4.74 Å². The first-order chi connectivity index (χ1) is 16.0. The third-order valence-electron chi connectivity index (χ3n) is 9.05. The van der Waals surface area contributed by atoms with Crippen LogP contribution in [0.5, 0.6) is 0 Å². The number of alkyl carbamates (subject to hydrolysis) is 1. The zero-order valence-electron chi connectivity index (χ0n) is 18.9. The molecule has 172 valence electrons. The summed E-state index contributed by atoms with van der Waals surface area (Å²) in [7, 11) is 0. The van der Waals surface area contributed by atoms with Crippen LogP contribution in [-0.4, -0.2) is 29.8 Å². The molecule has 1 amide bonds. The molecule has 2 N–H and O–H groups in total. The molecule has 5 aliphatic rings. The molecule has 0 radical (unpaired) electrons. The minimum atomic E-state index is -0.944. The van der Waals surface area contributed by atoms with Crippen LogP contribution in [0, 0.1) is 16.7 Å². The number of aliphatic carboxylic acids is 1. The number of carbonyl (C=O) groups excluding carboxylic acids is 1. The molecule has 4 fully saturated rings. The highest BCUT2D eigenvalue weighted by Crippen LogP contribution is 2.78. The van der Waals surface area contributed by atoms with Crippen molar-refractivity contribution in [3.05, 3.63) is 59.7 Å². The molecule has 33 heavy (non-hydrogen) atoms. The predicted octanol–water partition coefficient (Wildman–Crippen LogP) is 5.73. The number of ether oxygens (including phenoxy) is 1. The second-order valence-corrected chi connectivity index (χ2v) is 10.8. The number of rotatable bonds is 6. The van der Waals surface area contributed by atoms with Crippen molar-refractivity contribution in [1.82, 2.24) is 5.32 Å². The highest BCUT2D eigenvalue weighted by Gasteiger charge is 2.73. The largest absolute Gasteiger partial charge is 0.480 e. The van der Waals surface area contributed by atoms with Gasteiger partial charge < -0.3 is 15.2 Å². The van der Waals surface area contributed by atoms with Gasteiger partial charge in [-0.15, -0.1) is 0 Å². The molecule has 1 atom stereocenters. The van der Waals surface area contributed by atoms with E-state index >= 15 is 0 Å². The third kappa shape index (κ3) is 3.19. The molecule has 2 bridgehead atoms. The SMILES string of the molecule is O=C(NC(C(=O)O)C12CC(C3CCCCC3)(C1)C2)OCC1c2ccccc2-c2ccccc21. The van der Waals surface area contributed by atoms with Gasteiger partial charge in [0.15, 0.2) is 0 Å². The maximum Gasteiger partial charge on any atom is 0.407 e. The van der Waals surface area contributed by atoms with Gasteiger partial charge in [0.05, 0.1) is 0 Å². The molecule has 4 saturated carbocycles. The molecule has 2 aromatic rings. The fourth-order valence-corrected chi connectivity index (χ4v) is 7.64. The second-order valence-electron chi connectivity index (χ2n) is 10.8. The van der Waals surface area contributed by atoms with Crippen LogP contribution in [0.3, 0.4) is 0 Å². The van der Waals surface area contributed by atoms with Crippen molar-refractivity contribution in [2.24, 2.45) is 16.7 Å². The standard InChI is InChI=1S/C28H31NO4/c30-25(31)24(28-15-27(16-28,17-28)18-8-2-1-3-9-18)29-26(32)33-14-23-21-12-6-4-10-19(21)20-11-5-7-13-22(20)23/h4-7,10-13,18,23-24H,1-3,8-9,14-17H2,(H,29,32)(H,30,31). The Morgan fingerprint density at radius 2 is 1.52 bits per heavy atom. The predicted molar refractivity (Wildman–Crippen MR) is 125 cm³/mol. The van der Waals surface area contributed by atoms with E-state index in [0.717, 1.165) is 36.3 Å². The first kappa shape index (κ1) is 20.8. The topological polar surface area (TPSA) is 75.6 Å². The van der Waals surface area contributed by atoms with Gasteiger partial charge in [0.25, 0.3) is 0 Å². The number of hydrogen-bond acceptors (Lipinski definition) is 3. The number of nitrogens with one attached hydrogen (secondary N) is 1. The van der Waals surface area contributed by atoms with Gasteiger partial charge in [-0.2, -0.15) is 0 Å². The molecule has 0 saturated heterocycles. The summed E-state index contributed by atoms with van der Waals surface area (Å²) in [5.74, 6) is -0.228. The van der Waals surface area contributed by atoms with Crippen LogP contribution in [0.4, 0.5) is 4.79 Å². The Morgan fingerprint density at radius 3 is 2.09 bits per heavy atom. The van der Waals surface area contributed by atoms with E-state index in [1.54, 1.807) is 0 Å². The smallest absolute Gasteiger partial charge is 0.407 e. The lowest BCUT2D eigenvalue weighted by atomic mass is 9.29. The molecule has 1 unspecified atom stereocenters. The molecule has 0 spiro atoms. The van der Waals surface area contributed by atoms with Gasteiger partial charge in [-0.25, -0.2) is 9.59 Å². The van der Waals surface area contributed by atoms with Crippen molar-refractivity contribution >= 4 is 12.1 Å². The van der Waals surface area contributed by atoms with E-state index in [9.17, 15) is 14.7 Å². The number of carboxylic acid groups (broad SMARTS) is 1. The molecule has 2 aromatic carbocycles. The Kier molecular flexibility index (Phi) is 4.79. The van der Waals surface area contributed by atoms with Gasteiger partial charge in [-0.1, -0.05) is 67.8 Å². The number of benzene rings is 2. The quantitative estimate of drug-likeness (QED) is 0.595. The van der Waals surface area contributed by atoms with Crippen LogP contribution in [0.1, 0.15) is 68.4 Å². The van der Waals surface area contributed by atoms with Crippen molar-refractivity contribution in [3.8, 4) is 11.1 Å². The first-order valence-corrected chi connectivity index (χ1v) is 12.4. The van der Waals surface area contributed by atoms with Gasteiger partial charge in [-0.05, 0) is 65.7 Å². The number of carbonyl (C=O) groups is 2. The zero-order valence-corrected chi connectivity index (χ0v) is 18.9. The lowest BCUT2D eigenvalue weighted by molar-refractivity contribution is -0.255. The van der Waals surface area contributed by atoms with Gasteiger partial charge in [0, 0.05) is 11.3 Å². The van der Waals surface area contributed by atoms with Crippen molar-refractivity contribution in [3.63, 3.8) is 0 Å². The minimum absolute atomic E-state index is 0.0315. The maximum absolute atomic E-state index is 12.7. The van der Waals surface area contributed by atoms with Gasteiger partial charge >= 0.3 is 12.1 Å². The molecule has 5 heteroatoms. The van der Waals surface area contributed by atoms with E-state index in [-0.39, 0.29) is 17.9 Å². The first-order valence-electron chi connectivity index (χ1n) is 12.4. The summed E-state index contributed by atoms with van der Waals surface area (Å²) < 4.78 is 5.63. The molecular weight excluding hydrogens is 414 g/mol. The molecule has 5 nitrogen and oxygen atoms in total. The average Bonchev–Trinajstić information content (AvgIpc) is 3.10. The molecule has 5 aliphatic carbocycles. The van der Waals surface area contributed by atoms with Crippen molar-refractivity contribution in [1.29, 1.82) is 0 Å². The Hall–Kier alpha value is -2.82. The summed E-state index contributed by atoms with van der Waals surface area (Å²) in [6.07, 6.45) is 8.70. The number of carboxylic acids is 1. The highest BCUT2D eigenvalue weighted by atomic mass is 16.5. The molecule has 0 aromatic heterocycles. The van der Waals surface area contributed by atoms with E-state index in [1.807, 2.05) is 24.3 Å². The normalized spacial score (nSPS) is 28.6. The van der Waals surface area contributed by atoms with Crippen LogP contribution < -0.4 is 5.32 Å². The maximum atomic E-state index is 12.7. The molecule has 7 rings (SSSR count). The van der Waals surface area contributed by atoms with Crippen molar-refractivity contribution in [2.75, 3.05) is 6.61 Å². The third-order valence-corrected chi connectivity index (χ3v) is 9.05. The minimum Gasteiger partial charge on any atom is -0.480 e. The summed E-state index contributed by atoms with van der Waals surface area (Å²) in [5.41, 5.74) is 4.70. The number of fused-ring (bicyclic) bond motifs is 3. The van der Waals surface area contributed by atoms with Gasteiger partial charge in [0.2, 0.25) is 0 Å². The lowest BCUT2D eigenvalue weighted by Crippen LogP contribution is -2.73. The summed E-state index contributed by atoms with van der Waals surface area (Å²) in [5, 5.41) is 12.6. The van der Waals surface area contributed by atoms with Gasteiger partial charge in [0.1, 0.15) is 12.6 Å². The molecular formula is C28H31NO4. The summed E-state index contributed by atoms with van der Waals surface area (Å²) in [6, 6.07) is 15.5. The van der Waals surface area contributed by atoms with Gasteiger partial charge in [-0.3, -0.25) is 0 Å². The summed E-state index contributed by atoms with van der Waals surface area (Å²) >= 11 is 0. The fraction of sp³-hybridized carbons (Fsp3) is 0.500. The Labute approximate surface area is 194 Å². The van der Waals surface area contributed by atoms with Crippen LogP contribution in [0.15, 0.2) is 48.5 Å². The number of hydrogen-bond donors (Lipinski definition) is 2. The van der Waals surface area contributed by atoms with Crippen molar-refractivity contribution < 1.29 is 19.4 Å². The Balaban J connectivity index is 1.10. The second kappa shape index (κ2) is 7.61. The fourth-order valence-electron chi connectivity index (χ4n) is 7.64. The Morgan fingerprint density at radius 1 is 0.939 bits per heavy atom. The average molecular weight is 446 g/mol. The van der Waals surface area contributed by atoms with Crippen molar-refractivity contribution in [2.45, 2.75) is 63.3 Å². The highest BCUT2D eigenvalue weighted by molar-refractivity contribution is 5.82. The van der Waals surface area contributed by atoms with E-state index < -0.39 is 18.1 Å². The van der Waals surface area contributed by atoms with E-state index in [2.05, 4.69) is 29.6 Å². The van der Waals surface area contributed by atoms with E-state index in [0.29, 0.717) is 5.41 Å². The van der Waals surface area contributed by atoms with Crippen LogP contribution in [-0.2, 0) is 9.53 Å². The summed E-state index contributed by atoms with van der Waals surface area (Å²) in [4.78, 5) is 24.8. The van der Waals surface area contributed by atoms with Crippen LogP contribution in [0.25, 0.3) is 11.1 Å². The zero-order chi connectivity index (χ0) is 22.6. The van der Waals surface area contributed by atoms with Crippen LogP contribution >= 0.6 is 0 Å².